The third-order valence-corrected chi connectivity index (χ3v) is 3.61. The second-order valence-corrected chi connectivity index (χ2v) is 4.97. The van der Waals surface area contributed by atoms with E-state index in [0.29, 0.717) is 6.42 Å². The lowest BCUT2D eigenvalue weighted by Gasteiger charge is -2.05. The molecule has 3 aromatic rings. The minimum absolute atomic E-state index is 0.431. The van der Waals surface area contributed by atoms with Crippen LogP contribution in [0, 0.1) is 18.3 Å². The van der Waals surface area contributed by atoms with E-state index in [1.54, 1.807) is 0 Å². The Kier molecular flexibility index (Phi) is 3.00. The van der Waals surface area contributed by atoms with Crippen LogP contribution in [0.4, 0.5) is 0 Å². The summed E-state index contributed by atoms with van der Waals surface area (Å²) in [5, 5.41) is 8.81. The number of imidazole rings is 1. The van der Waals surface area contributed by atoms with E-state index in [2.05, 4.69) is 29.7 Å². The Morgan fingerprint density at radius 3 is 2.75 bits per heavy atom. The van der Waals surface area contributed by atoms with Crippen LogP contribution in [0.2, 0.25) is 0 Å². The summed E-state index contributed by atoms with van der Waals surface area (Å²) < 4.78 is 2.10. The molecule has 0 N–H and O–H groups in total. The molecule has 0 saturated carbocycles. The summed E-state index contributed by atoms with van der Waals surface area (Å²) in [6.07, 6.45) is 0.431. The van der Waals surface area contributed by atoms with Crippen LogP contribution in [-0.2, 0) is 13.5 Å². The fraction of sp³-hybridized carbons (Fsp3) is 0.176. The third kappa shape index (κ3) is 1.96. The Hall–Kier alpha value is -2.60. The molecule has 98 valence electrons. The molecule has 3 heteroatoms. The number of aromatic nitrogens is 2. The van der Waals surface area contributed by atoms with Gasteiger partial charge in [0.25, 0.3) is 0 Å². The Morgan fingerprint density at radius 1 is 1.20 bits per heavy atom. The Labute approximate surface area is 118 Å². The predicted molar refractivity (Wildman–Crippen MR) is 80.2 cm³/mol. The van der Waals surface area contributed by atoms with Crippen LogP contribution in [0.1, 0.15) is 11.1 Å². The van der Waals surface area contributed by atoms with Crippen molar-refractivity contribution in [1.82, 2.24) is 9.55 Å². The SMILES string of the molecule is Cc1ccccc1-c1nc2ccc(CC#N)cc2n1C. The number of hydrogen-bond acceptors (Lipinski definition) is 2. The van der Waals surface area contributed by atoms with Gasteiger partial charge in [-0.1, -0.05) is 30.3 Å². The molecule has 3 rings (SSSR count). The topological polar surface area (TPSA) is 41.6 Å². The molecule has 0 unspecified atom stereocenters. The van der Waals surface area contributed by atoms with Gasteiger partial charge in [0.1, 0.15) is 5.82 Å². The average Bonchev–Trinajstić information content (AvgIpc) is 2.77. The Morgan fingerprint density at radius 2 is 2.00 bits per heavy atom. The van der Waals surface area contributed by atoms with Gasteiger partial charge in [-0.15, -0.1) is 0 Å². The standard InChI is InChI=1S/C17H15N3/c1-12-5-3-4-6-14(12)17-19-15-8-7-13(9-10-18)11-16(15)20(17)2/h3-8,11H,9H2,1-2H3. The smallest absolute Gasteiger partial charge is 0.141 e. The first-order valence-corrected chi connectivity index (χ1v) is 6.59. The van der Waals surface area contributed by atoms with Gasteiger partial charge in [0.2, 0.25) is 0 Å². The predicted octanol–water partition coefficient (Wildman–Crippen LogP) is 3.61. The monoisotopic (exact) mass is 261 g/mol. The van der Waals surface area contributed by atoms with E-state index in [1.165, 1.54) is 5.56 Å². The minimum atomic E-state index is 0.431. The summed E-state index contributed by atoms with van der Waals surface area (Å²) in [7, 11) is 2.02. The van der Waals surface area contributed by atoms with Crippen molar-refractivity contribution in [2.45, 2.75) is 13.3 Å². The first kappa shape index (κ1) is 12.4. The minimum Gasteiger partial charge on any atom is -0.327 e. The van der Waals surface area contributed by atoms with E-state index in [-0.39, 0.29) is 0 Å². The number of rotatable bonds is 2. The summed E-state index contributed by atoms with van der Waals surface area (Å²) in [6.45, 7) is 2.09. The Balaban J connectivity index is 2.21. The maximum absolute atomic E-state index is 8.81. The number of nitrogens with zero attached hydrogens (tertiary/aromatic N) is 3. The number of aryl methyl sites for hydroxylation is 2. The Bertz CT molecular complexity index is 822. The second kappa shape index (κ2) is 4.82. The van der Waals surface area contributed by atoms with E-state index >= 15 is 0 Å². The zero-order valence-electron chi connectivity index (χ0n) is 11.6. The van der Waals surface area contributed by atoms with Gasteiger partial charge in [-0.25, -0.2) is 4.98 Å². The van der Waals surface area contributed by atoms with Gasteiger partial charge >= 0.3 is 0 Å². The normalized spacial score (nSPS) is 10.7. The number of benzene rings is 2. The third-order valence-electron chi connectivity index (χ3n) is 3.61. The fourth-order valence-corrected chi connectivity index (χ4v) is 2.50. The van der Waals surface area contributed by atoms with Crippen molar-refractivity contribution in [2.24, 2.45) is 7.05 Å². The van der Waals surface area contributed by atoms with Crippen LogP contribution in [0.3, 0.4) is 0 Å². The van der Waals surface area contributed by atoms with E-state index in [9.17, 15) is 0 Å². The lowest BCUT2D eigenvalue weighted by atomic mass is 10.1. The quantitative estimate of drug-likeness (QED) is 0.707. The van der Waals surface area contributed by atoms with Gasteiger partial charge in [0, 0.05) is 12.6 Å². The molecule has 1 heterocycles. The molecule has 1 aromatic heterocycles. The molecule has 2 aromatic carbocycles. The second-order valence-electron chi connectivity index (χ2n) is 4.97. The molecule has 0 atom stereocenters. The number of fused-ring (bicyclic) bond motifs is 1. The van der Waals surface area contributed by atoms with Crippen molar-refractivity contribution in [3.8, 4) is 17.5 Å². The summed E-state index contributed by atoms with van der Waals surface area (Å²) in [5.41, 5.74) is 5.42. The maximum Gasteiger partial charge on any atom is 0.141 e. The molecule has 0 aliphatic carbocycles. The maximum atomic E-state index is 8.81. The van der Waals surface area contributed by atoms with Crippen molar-refractivity contribution < 1.29 is 0 Å². The largest absolute Gasteiger partial charge is 0.327 e. The first-order chi connectivity index (χ1) is 9.70. The summed E-state index contributed by atoms with van der Waals surface area (Å²) >= 11 is 0. The van der Waals surface area contributed by atoms with Crippen molar-refractivity contribution >= 4 is 11.0 Å². The summed E-state index contributed by atoms with van der Waals surface area (Å²) in [5.74, 6) is 0.965. The fourth-order valence-electron chi connectivity index (χ4n) is 2.50. The van der Waals surface area contributed by atoms with Crippen LogP contribution in [-0.4, -0.2) is 9.55 Å². The molecule has 0 radical (unpaired) electrons. The zero-order chi connectivity index (χ0) is 14.1. The van der Waals surface area contributed by atoms with Crippen molar-refractivity contribution in [3.63, 3.8) is 0 Å². The van der Waals surface area contributed by atoms with Gasteiger partial charge in [-0.2, -0.15) is 5.26 Å². The van der Waals surface area contributed by atoms with E-state index < -0.39 is 0 Å². The highest BCUT2D eigenvalue weighted by molar-refractivity contribution is 5.81. The van der Waals surface area contributed by atoms with Gasteiger partial charge in [0.05, 0.1) is 23.5 Å². The van der Waals surface area contributed by atoms with Gasteiger partial charge in [-0.05, 0) is 30.2 Å². The molecule has 0 fully saturated rings. The molecule has 0 aliphatic rings. The number of hydrogen-bond donors (Lipinski definition) is 0. The zero-order valence-corrected chi connectivity index (χ0v) is 11.6. The first-order valence-electron chi connectivity index (χ1n) is 6.59. The average molecular weight is 261 g/mol. The highest BCUT2D eigenvalue weighted by Crippen LogP contribution is 2.26. The van der Waals surface area contributed by atoms with Crippen molar-refractivity contribution in [3.05, 3.63) is 53.6 Å². The summed E-state index contributed by atoms with van der Waals surface area (Å²) in [4.78, 5) is 4.72. The molecule has 0 amide bonds. The molecular weight excluding hydrogens is 246 g/mol. The van der Waals surface area contributed by atoms with E-state index in [4.69, 9.17) is 10.2 Å². The van der Waals surface area contributed by atoms with Crippen LogP contribution in [0.25, 0.3) is 22.4 Å². The van der Waals surface area contributed by atoms with Crippen LogP contribution in [0.5, 0.6) is 0 Å². The van der Waals surface area contributed by atoms with Crippen LogP contribution in [0.15, 0.2) is 42.5 Å². The van der Waals surface area contributed by atoms with Gasteiger partial charge in [-0.3, -0.25) is 0 Å². The molecule has 0 saturated heterocycles. The molecule has 0 bridgehead atoms. The van der Waals surface area contributed by atoms with Gasteiger partial charge in [0.15, 0.2) is 0 Å². The molecular formula is C17H15N3. The summed E-state index contributed by atoms with van der Waals surface area (Å²) in [6, 6.07) is 16.4. The van der Waals surface area contributed by atoms with Gasteiger partial charge < -0.3 is 4.57 Å². The molecule has 0 aliphatic heterocycles. The molecule has 3 nitrogen and oxygen atoms in total. The lowest BCUT2D eigenvalue weighted by molar-refractivity contribution is 0.956. The highest BCUT2D eigenvalue weighted by Gasteiger charge is 2.11. The van der Waals surface area contributed by atoms with E-state index in [0.717, 1.165) is 28.0 Å². The molecule has 0 spiro atoms. The van der Waals surface area contributed by atoms with Crippen molar-refractivity contribution in [1.29, 1.82) is 5.26 Å². The lowest BCUT2D eigenvalue weighted by Crippen LogP contribution is -1.94. The molecule has 20 heavy (non-hydrogen) atoms. The number of nitriles is 1. The van der Waals surface area contributed by atoms with E-state index in [1.807, 2.05) is 37.4 Å². The van der Waals surface area contributed by atoms with Crippen LogP contribution >= 0.6 is 0 Å². The van der Waals surface area contributed by atoms with Crippen LogP contribution < -0.4 is 0 Å². The van der Waals surface area contributed by atoms with Crippen molar-refractivity contribution in [2.75, 3.05) is 0 Å². The highest BCUT2D eigenvalue weighted by atomic mass is 15.1.